The van der Waals surface area contributed by atoms with Gasteiger partial charge >= 0.3 is 0 Å². The summed E-state index contributed by atoms with van der Waals surface area (Å²) in [6.45, 7) is 4.00. The van der Waals surface area contributed by atoms with Crippen molar-refractivity contribution in [1.82, 2.24) is 9.97 Å². The molecule has 0 fully saturated rings. The van der Waals surface area contributed by atoms with Crippen LogP contribution in [-0.4, -0.2) is 27.8 Å². The molecule has 6 N–H and O–H groups in total. The third kappa shape index (κ3) is 4.98. The van der Waals surface area contributed by atoms with Crippen molar-refractivity contribution in [3.63, 3.8) is 0 Å². The second kappa shape index (κ2) is 8.55. The van der Waals surface area contributed by atoms with Crippen LogP contribution in [-0.2, 0) is 4.79 Å². The Balaban J connectivity index is 1.91. The van der Waals surface area contributed by atoms with E-state index in [-0.39, 0.29) is 17.3 Å². The lowest BCUT2D eigenvalue weighted by Gasteiger charge is -2.19. The van der Waals surface area contributed by atoms with Gasteiger partial charge in [-0.1, -0.05) is 32.0 Å². The molecule has 0 aliphatic carbocycles. The molecule has 1 unspecified atom stereocenters. The number of anilines is 3. The minimum atomic E-state index is -0.617. The first-order chi connectivity index (χ1) is 13.8. The summed E-state index contributed by atoms with van der Waals surface area (Å²) in [5.41, 5.74) is 12.7. The molecule has 8 heteroatoms. The number of benzene rings is 1. The fraction of sp³-hybridized carbons (Fsp3) is 0.238. The molecular weight excluding hydrogens is 368 g/mol. The first kappa shape index (κ1) is 20.1. The third-order valence-electron chi connectivity index (χ3n) is 4.39. The topological polar surface area (TPSA) is 136 Å². The van der Waals surface area contributed by atoms with Crippen molar-refractivity contribution >= 4 is 40.0 Å². The van der Waals surface area contributed by atoms with Crippen LogP contribution in [0.1, 0.15) is 30.6 Å². The van der Waals surface area contributed by atoms with Gasteiger partial charge in [0.05, 0.1) is 23.0 Å². The van der Waals surface area contributed by atoms with E-state index in [9.17, 15) is 9.59 Å². The van der Waals surface area contributed by atoms with Crippen molar-refractivity contribution in [3.8, 4) is 0 Å². The van der Waals surface area contributed by atoms with Gasteiger partial charge in [-0.3, -0.25) is 14.6 Å². The third-order valence-corrected chi connectivity index (χ3v) is 4.39. The number of pyridine rings is 2. The van der Waals surface area contributed by atoms with Crippen LogP contribution in [0.25, 0.3) is 10.9 Å². The zero-order valence-electron chi connectivity index (χ0n) is 16.3. The van der Waals surface area contributed by atoms with Gasteiger partial charge in [0.1, 0.15) is 17.7 Å². The van der Waals surface area contributed by atoms with E-state index < -0.39 is 17.9 Å². The number of hydrogen-bond donors (Lipinski definition) is 4. The molecule has 1 atom stereocenters. The fourth-order valence-electron chi connectivity index (χ4n) is 3.01. The Morgan fingerprint density at radius 3 is 2.55 bits per heavy atom. The monoisotopic (exact) mass is 392 g/mol. The molecule has 2 aromatic heterocycles. The predicted octanol–water partition coefficient (Wildman–Crippen LogP) is 2.78. The summed E-state index contributed by atoms with van der Waals surface area (Å²) in [5, 5.41) is 7.08. The number of amides is 2. The Hall–Kier alpha value is -3.68. The van der Waals surface area contributed by atoms with E-state index >= 15 is 0 Å². The number of nitrogens with one attached hydrogen (secondary N) is 2. The molecule has 150 valence electrons. The van der Waals surface area contributed by atoms with Gasteiger partial charge in [-0.15, -0.1) is 0 Å². The molecule has 1 aromatic carbocycles. The molecule has 0 bridgehead atoms. The highest BCUT2D eigenvalue weighted by Gasteiger charge is 2.19. The number of hydrogen-bond acceptors (Lipinski definition) is 6. The van der Waals surface area contributed by atoms with E-state index in [4.69, 9.17) is 11.5 Å². The lowest BCUT2D eigenvalue weighted by atomic mass is 10.0. The Kier molecular flexibility index (Phi) is 5.92. The van der Waals surface area contributed by atoms with E-state index in [0.717, 1.165) is 10.9 Å². The average molecular weight is 392 g/mol. The summed E-state index contributed by atoms with van der Waals surface area (Å²) in [4.78, 5) is 32.4. The maximum Gasteiger partial charge on any atom is 0.252 e. The second-order valence-electron chi connectivity index (χ2n) is 7.23. The highest BCUT2D eigenvalue weighted by atomic mass is 16.1. The zero-order chi connectivity index (χ0) is 21.0. The van der Waals surface area contributed by atoms with Gasteiger partial charge in [0.25, 0.3) is 5.91 Å². The molecule has 0 saturated carbocycles. The molecule has 2 amide bonds. The molecule has 8 nitrogen and oxygen atoms in total. The van der Waals surface area contributed by atoms with Crippen molar-refractivity contribution in [2.45, 2.75) is 26.3 Å². The van der Waals surface area contributed by atoms with Crippen LogP contribution in [0.5, 0.6) is 0 Å². The lowest BCUT2D eigenvalue weighted by molar-refractivity contribution is -0.119. The minimum absolute atomic E-state index is 0.225. The van der Waals surface area contributed by atoms with Gasteiger partial charge < -0.3 is 22.1 Å². The van der Waals surface area contributed by atoms with Gasteiger partial charge in [-0.25, -0.2) is 4.98 Å². The number of fused-ring (bicyclic) bond motifs is 1. The number of carbonyl (C=O) groups is 2. The van der Waals surface area contributed by atoms with Crippen molar-refractivity contribution in [1.29, 1.82) is 0 Å². The SMILES string of the molecule is CC(C)CC(Nc1ccc(C(N)=O)c(Nc2cnc3ccccc3c2)n1)C(N)=O. The standard InChI is InChI=1S/C21H24N6O2/c1-12(2)9-17(20(23)29)26-18-8-7-15(19(22)28)21(27-18)25-14-10-13-5-3-4-6-16(13)24-11-14/h3-8,10-12,17H,9H2,1-2H3,(H2,22,28)(H2,23,29)(H2,25,26,27). The number of nitrogens with zero attached hydrogens (tertiary/aromatic N) is 2. The van der Waals surface area contributed by atoms with E-state index in [1.807, 2.05) is 44.2 Å². The predicted molar refractivity (Wildman–Crippen MR) is 114 cm³/mol. The van der Waals surface area contributed by atoms with Crippen LogP contribution in [0.4, 0.5) is 17.3 Å². The van der Waals surface area contributed by atoms with Crippen LogP contribution in [0, 0.1) is 5.92 Å². The maximum atomic E-state index is 11.8. The molecule has 0 aliphatic rings. The van der Waals surface area contributed by atoms with Crippen molar-refractivity contribution < 1.29 is 9.59 Å². The molecule has 0 radical (unpaired) electrons. The number of carbonyl (C=O) groups excluding carboxylic acids is 2. The fourth-order valence-corrected chi connectivity index (χ4v) is 3.01. The number of primary amides is 2. The molecular formula is C21H24N6O2. The summed E-state index contributed by atoms with van der Waals surface area (Å²) in [6, 6.07) is 12.2. The average Bonchev–Trinajstić information content (AvgIpc) is 2.67. The van der Waals surface area contributed by atoms with Crippen LogP contribution < -0.4 is 22.1 Å². The quantitative estimate of drug-likeness (QED) is 0.465. The van der Waals surface area contributed by atoms with E-state index in [0.29, 0.717) is 17.9 Å². The summed E-state index contributed by atoms with van der Waals surface area (Å²) in [6.07, 6.45) is 2.21. The van der Waals surface area contributed by atoms with E-state index in [1.165, 1.54) is 0 Å². The molecule has 0 saturated heterocycles. The Morgan fingerprint density at radius 2 is 1.86 bits per heavy atom. The minimum Gasteiger partial charge on any atom is -0.368 e. The number of para-hydroxylation sites is 1. The van der Waals surface area contributed by atoms with Gasteiger partial charge in [0, 0.05) is 5.39 Å². The first-order valence-corrected chi connectivity index (χ1v) is 9.32. The molecule has 0 spiro atoms. The number of nitrogens with two attached hydrogens (primary N) is 2. The molecule has 29 heavy (non-hydrogen) atoms. The van der Waals surface area contributed by atoms with Gasteiger partial charge in [-0.2, -0.15) is 0 Å². The molecule has 0 aliphatic heterocycles. The van der Waals surface area contributed by atoms with Crippen LogP contribution in [0.15, 0.2) is 48.7 Å². The first-order valence-electron chi connectivity index (χ1n) is 9.32. The van der Waals surface area contributed by atoms with Crippen LogP contribution in [0.2, 0.25) is 0 Å². The van der Waals surface area contributed by atoms with E-state index in [1.54, 1.807) is 18.3 Å². The normalized spacial score (nSPS) is 12.0. The largest absolute Gasteiger partial charge is 0.368 e. The Morgan fingerprint density at radius 1 is 1.10 bits per heavy atom. The van der Waals surface area contributed by atoms with E-state index in [2.05, 4.69) is 20.6 Å². The van der Waals surface area contributed by atoms with Crippen molar-refractivity contribution in [2.24, 2.45) is 17.4 Å². The van der Waals surface area contributed by atoms with Gasteiger partial charge in [0.15, 0.2) is 0 Å². The van der Waals surface area contributed by atoms with Crippen molar-refractivity contribution in [2.75, 3.05) is 10.6 Å². The highest BCUT2D eigenvalue weighted by Crippen LogP contribution is 2.24. The highest BCUT2D eigenvalue weighted by molar-refractivity contribution is 5.99. The lowest BCUT2D eigenvalue weighted by Crippen LogP contribution is -2.36. The van der Waals surface area contributed by atoms with Gasteiger partial charge in [-0.05, 0) is 36.6 Å². The second-order valence-corrected chi connectivity index (χ2v) is 7.23. The van der Waals surface area contributed by atoms with Crippen LogP contribution >= 0.6 is 0 Å². The maximum absolute atomic E-state index is 11.8. The van der Waals surface area contributed by atoms with Crippen LogP contribution in [0.3, 0.4) is 0 Å². The summed E-state index contributed by atoms with van der Waals surface area (Å²) in [7, 11) is 0. The Labute approximate surface area is 168 Å². The zero-order valence-corrected chi connectivity index (χ0v) is 16.3. The molecule has 3 rings (SSSR count). The summed E-state index contributed by atoms with van der Waals surface area (Å²) in [5.74, 6) is -0.129. The smallest absolute Gasteiger partial charge is 0.252 e. The Bertz CT molecular complexity index is 1050. The number of aromatic nitrogens is 2. The summed E-state index contributed by atoms with van der Waals surface area (Å²) < 4.78 is 0. The van der Waals surface area contributed by atoms with Gasteiger partial charge in [0.2, 0.25) is 5.91 Å². The molecule has 2 heterocycles. The molecule has 3 aromatic rings. The number of rotatable bonds is 8. The summed E-state index contributed by atoms with van der Waals surface area (Å²) >= 11 is 0. The van der Waals surface area contributed by atoms with Crippen molar-refractivity contribution in [3.05, 3.63) is 54.2 Å².